The Morgan fingerprint density at radius 3 is 2.35 bits per heavy atom. The molecule has 2 rings (SSSR count). The van der Waals surface area contributed by atoms with Crippen LogP contribution in [-0.4, -0.2) is 18.3 Å². The minimum Gasteiger partial charge on any atom is -0.396 e. The lowest BCUT2D eigenvalue weighted by atomic mass is 9.93. The number of aliphatic hydroxyl groups excluding tert-OH is 1. The van der Waals surface area contributed by atoms with Gasteiger partial charge in [0.25, 0.3) is 0 Å². The SMILES string of the molecule is Cc1cc(C)c(C(C)NCC2CCCC2CO)c(C)c1. The highest BCUT2D eigenvalue weighted by atomic mass is 16.3. The molecule has 3 atom stereocenters. The first-order valence-electron chi connectivity index (χ1n) is 7.95. The standard InChI is InChI=1S/C18H29NO/c1-12-8-13(2)18(14(3)9-12)15(4)19-10-16-6-5-7-17(16)11-20/h8-9,15-17,19-20H,5-7,10-11H2,1-4H3. The Morgan fingerprint density at radius 1 is 1.15 bits per heavy atom. The van der Waals surface area contributed by atoms with E-state index in [1.54, 1.807) is 0 Å². The molecule has 0 amide bonds. The molecule has 0 spiro atoms. The molecule has 1 aromatic rings. The van der Waals surface area contributed by atoms with Crippen molar-refractivity contribution < 1.29 is 5.11 Å². The zero-order chi connectivity index (χ0) is 14.7. The first-order chi connectivity index (χ1) is 9.52. The molecular formula is C18H29NO. The van der Waals surface area contributed by atoms with Gasteiger partial charge in [-0.25, -0.2) is 0 Å². The lowest BCUT2D eigenvalue weighted by Crippen LogP contribution is -2.29. The summed E-state index contributed by atoms with van der Waals surface area (Å²) < 4.78 is 0. The number of benzene rings is 1. The van der Waals surface area contributed by atoms with Crippen LogP contribution in [0.15, 0.2) is 12.1 Å². The van der Waals surface area contributed by atoms with E-state index in [1.807, 2.05) is 0 Å². The minimum absolute atomic E-state index is 0.351. The molecule has 2 heteroatoms. The molecule has 0 aromatic heterocycles. The first-order valence-corrected chi connectivity index (χ1v) is 7.95. The van der Waals surface area contributed by atoms with Crippen molar-refractivity contribution in [1.29, 1.82) is 0 Å². The van der Waals surface area contributed by atoms with Crippen molar-refractivity contribution in [2.75, 3.05) is 13.2 Å². The zero-order valence-corrected chi connectivity index (χ0v) is 13.4. The van der Waals surface area contributed by atoms with Gasteiger partial charge in [0.05, 0.1) is 0 Å². The number of hydrogen-bond donors (Lipinski definition) is 2. The van der Waals surface area contributed by atoms with Gasteiger partial charge in [0.15, 0.2) is 0 Å². The van der Waals surface area contributed by atoms with E-state index in [4.69, 9.17) is 0 Å². The summed E-state index contributed by atoms with van der Waals surface area (Å²) in [7, 11) is 0. The Balaban J connectivity index is 2.00. The van der Waals surface area contributed by atoms with E-state index < -0.39 is 0 Å². The summed E-state index contributed by atoms with van der Waals surface area (Å²) in [5.41, 5.74) is 5.54. The molecule has 1 aliphatic rings. The van der Waals surface area contributed by atoms with Gasteiger partial charge in [0.1, 0.15) is 0 Å². The quantitative estimate of drug-likeness (QED) is 0.859. The van der Waals surface area contributed by atoms with Gasteiger partial charge in [-0.15, -0.1) is 0 Å². The molecule has 3 unspecified atom stereocenters. The molecule has 1 saturated carbocycles. The molecule has 0 bridgehead atoms. The van der Waals surface area contributed by atoms with E-state index in [-0.39, 0.29) is 0 Å². The summed E-state index contributed by atoms with van der Waals surface area (Å²) >= 11 is 0. The lowest BCUT2D eigenvalue weighted by Gasteiger charge is -2.24. The van der Waals surface area contributed by atoms with Crippen molar-refractivity contribution >= 4 is 0 Å². The number of hydrogen-bond acceptors (Lipinski definition) is 2. The molecule has 1 fully saturated rings. The summed E-state index contributed by atoms with van der Waals surface area (Å²) in [6.45, 7) is 10.2. The topological polar surface area (TPSA) is 32.3 Å². The molecule has 20 heavy (non-hydrogen) atoms. The van der Waals surface area contributed by atoms with E-state index in [0.29, 0.717) is 24.5 Å². The molecule has 2 nitrogen and oxygen atoms in total. The summed E-state index contributed by atoms with van der Waals surface area (Å²) in [4.78, 5) is 0. The van der Waals surface area contributed by atoms with Gasteiger partial charge in [-0.05, 0) is 75.6 Å². The van der Waals surface area contributed by atoms with Crippen LogP contribution >= 0.6 is 0 Å². The van der Waals surface area contributed by atoms with E-state index in [1.165, 1.54) is 41.5 Å². The van der Waals surface area contributed by atoms with Gasteiger partial charge >= 0.3 is 0 Å². The van der Waals surface area contributed by atoms with Gasteiger partial charge in [-0.1, -0.05) is 24.1 Å². The lowest BCUT2D eigenvalue weighted by molar-refractivity contribution is 0.190. The molecule has 112 valence electrons. The smallest absolute Gasteiger partial charge is 0.0462 e. The average molecular weight is 275 g/mol. The van der Waals surface area contributed by atoms with Crippen LogP contribution < -0.4 is 5.32 Å². The highest BCUT2D eigenvalue weighted by Gasteiger charge is 2.26. The fourth-order valence-electron chi connectivity index (χ4n) is 3.93. The van der Waals surface area contributed by atoms with Gasteiger partial charge in [-0.2, -0.15) is 0 Å². The summed E-state index contributed by atoms with van der Waals surface area (Å²) in [6, 6.07) is 4.93. The van der Waals surface area contributed by atoms with Crippen molar-refractivity contribution in [1.82, 2.24) is 5.32 Å². The predicted molar refractivity (Wildman–Crippen MR) is 85.0 cm³/mol. The molecule has 0 radical (unpaired) electrons. The second-order valence-electron chi connectivity index (χ2n) is 6.58. The number of nitrogens with one attached hydrogen (secondary N) is 1. The monoisotopic (exact) mass is 275 g/mol. The Bertz CT molecular complexity index is 432. The van der Waals surface area contributed by atoms with Crippen LogP contribution in [0, 0.1) is 32.6 Å². The van der Waals surface area contributed by atoms with Crippen LogP contribution in [0.4, 0.5) is 0 Å². The van der Waals surface area contributed by atoms with Gasteiger partial charge in [-0.3, -0.25) is 0 Å². The molecular weight excluding hydrogens is 246 g/mol. The molecule has 1 aromatic carbocycles. The molecule has 0 aliphatic heterocycles. The molecule has 0 heterocycles. The first kappa shape index (κ1) is 15.5. The minimum atomic E-state index is 0.351. The predicted octanol–water partition coefficient (Wildman–Crippen LogP) is 3.67. The van der Waals surface area contributed by atoms with Crippen molar-refractivity contribution in [3.05, 3.63) is 34.4 Å². The van der Waals surface area contributed by atoms with Crippen molar-refractivity contribution in [2.24, 2.45) is 11.8 Å². The van der Waals surface area contributed by atoms with Crippen LogP contribution in [0.25, 0.3) is 0 Å². The number of aryl methyl sites for hydroxylation is 3. The van der Waals surface area contributed by atoms with Crippen molar-refractivity contribution in [2.45, 2.75) is 53.0 Å². The van der Waals surface area contributed by atoms with E-state index >= 15 is 0 Å². The third kappa shape index (κ3) is 3.42. The fourth-order valence-corrected chi connectivity index (χ4v) is 3.93. The van der Waals surface area contributed by atoms with Crippen molar-refractivity contribution in [3.63, 3.8) is 0 Å². The van der Waals surface area contributed by atoms with Gasteiger partial charge in [0, 0.05) is 12.6 Å². The maximum atomic E-state index is 9.41. The summed E-state index contributed by atoms with van der Waals surface area (Å²) in [5, 5.41) is 13.1. The number of rotatable bonds is 5. The molecule has 1 aliphatic carbocycles. The Kier molecular flexibility index (Phi) is 5.22. The Morgan fingerprint density at radius 2 is 1.75 bits per heavy atom. The number of aliphatic hydroxyl groups is 1. The summed E-state index contributed by atoms with van der Waals surface area (Å²) in [5.74, 6) is 1.16. The second kappa shape index (κ2) is 6.73. The summed E-state index contributed by atoms with van der Waals surface area (Å²) in [6.07, 6.45) is 3.73. The second-order valence-corrected chi connectivity index (χ2v) is 6.58. The van der Waals surface area contributed by atoms with Gasteiger partial charge < -0.3 is 10.4 Å². The fraction of sp³-hybridized carbons (Fsp3) is 0.667. The Labute approximate surface area is 123 Å². The highest BCUT2D eigenvalue weighted by Crippen LogP contribution is 2.31. The highest BCUT2D eigenvalue weighted by molar-refractivity contribution is 5.39. The van der Waals surface area contributed by atoms with Crippen LogP contribution in [0.3, 0.4) is 0 Å². The third-order valence-electron chi connectivity index (χ3n) is 4.91. The van der Waals surface area contributed by atoms with E-state index in [2.05, 4.69) is 45.1 Å². The van der Waals surface area contributed by atoms with Crippen LogP contribution in [0.5, 0.6) is 0 Å². The van der Waals surface area contributed by atoms with E-state index in [0.717, 1.165) is 6.54 Å². The van der Waals surface area contributed by atoms with Crippen LogP contribution in [0.1, 0.15) is 54.5 Å². The largest absolute Gasteiger partial charge is 0.396 e. The maximum Gasteiger partial charge on any atom is 0.0462 e. The van der Waals surface area contributed by atoms with Crippen LogP contribution in [-0.2, 0) is 0 Å². The maximum absolute atomic E-state index is 9.41. The van der Waals surface area contributed by atoms with Crippen LogP contribution in [0.2, 0.25) is 0 Å². The Hall–Kier alpha value is -0.860. The van der Waals surface area contributed by atoms with Crippen molar-refractivity contribution in [3.8, 4) is 0 Å². The molecule has 0 saturated heterocycles. The third-order valence-corrected chi connectivity index (χ3v) is 4.91. The normalized spacial score (nSPS) is 24.1. The molecule has 2 N–H and O–H groups in total. The average Bonchev–Trinajstić information content (AvgIpc) is 2.82. The van der Waals surface area contributed by atoms with E-state index in [9.17, 15) is 5.11 Å². The van der Waals surface area contributed by atoms with Gasteiger partial charge in [0.2, 0.25) is 0 Å². The zero-order valence-electron chi connectivity index (χ0n) is 13.4.